The number of carbonyl (C=O) groups is 1. The molecular weight excluding hydrogens is 460 g/mol. The highest BCUT2D eigenvalue weighted by Gasteiger charge is 2.33. The molecule has 6 nitrogen and oxygen atoms in total. The van der Waals surface area contributed by atoms with Gasteiger partial charge in [0.2, 0.25) is 0 Å². The predicted octanol–water partition coefficient (Wildman–Crippen LogP) is 4.37. The van der Waals surface area contributed by atoms with Gasteiger partial charge in [-0.05, 0) is 38.5 Å². The van der Waals surface area contributed by atoms with Crippen molar-refractivity contribution in [3.05, 3.63) is 115 Å². The van der Waals surface area contributed by atoms with Crippen molar-refractivity contribution in [2.24, 2.45) is 4.99 Å². The average Bonchev–Trinajstić information content (AvgIpc) is 3.44. The van der Waals surface area contributed by atoms with E-state index in [9.17, 15) is 9.59 Å². The Morgan fingerprint density at radius 1 is 1.09 bits per heavy atom. The molecule has 0 aliphatic carbocycles. The van der Waals surface area contributed by atoms with Crippen molar-refractivity contribution >= 4 is 23.4 Å². The Labute approximate surface area is 206 Å². The summed E-state index contributed by atoms with van der Waals surface area (Å²) in [4.78, 5) is 31.6. The Bertz CT molecular complexity index is 1610. The number of thiazole rings is 1. The van der Waals surface area contributed by atoms with Crippen LogP contribution < -0.4 is 14.9 Å². The summed E-state index contributed by atoms with van der Waals surface area (Å²) in [5.74, 6) is 0.834. The lowest BCUT2D eigenvalue weighted by Crippen LogP contribution is -2.39. The van der Waals surface area contributed by atoms with Crippen molar-refractivity contribution in [3.63, 3.8) is 0 Å². The summed E-state index contributed by atoms with van der Waals surface area (Å²) >= 11 is 1.28. The van der Waals surface area contributed by atoms with E-state index < -0.39 is 12.0 Å². The van der Waals surface area contributed by atoms with E-state index in [2.05, 4.69) is 4.99 Å². The first-order valence-corrected chi connectivity index (χ1v) is 12.2. The van der Waals surface area contributed by atoms with Crippen LogP contribution in [-0.4, -0.2) is 17.1 Å². The molecule has 1 aliphatic rings. The van der Waals surface area contributed by atoms with E-state index in [1.54, 1.807) is 24.5 Å². The van der Waals surface area contributed by atoms with Gasteiger partial charge in [-0.15, -0.1) is 0 Å². The molecule has 1 atom stereocenters. The van der Waals surface area contributed by atoms with E-state index in [1.807, 2.05) is 73.7 Å². The normalized spacial score (nSPS) is 15.6. The Balaban J connectivity index is 1.62. The summed E-state index contributed by atoms with van der Waals surface area (Å²) in [6.45, 7) is 5.81. The molecule has 2 aromatic carbocycles. The number of hydrogen-bond donors (Lipinski definition) is 0. The first kappa shape index (κ1) is 22.8. The number of aromatic nitrogens is 1. The molecule has 0 spiro atoms. The van der Waals surface area contributed by atoms with E-state index in [4.69, 9.17) is 9.15 Å². The Morgan fingerprint density at radius 3 is 2.54 bits per heavy atom. The number of rotatable bonds is 5. The van der Waals surface area contributed by atoms with Crippen molar-refractivity contribution in [2.45, 2.75) is 26.8 Å². The van der Waals surface area contributed by atoms with Gasteiger partial charge in [0.05, 0.1) is 28.5 Å². The molecular formula is C28H24N2O4S. The highest BCUT2D eigenvalue weighted by molar-refractivity contribution is 7.07. The zero-order valence-corrected chi connectivity index (χ0v) is 20.5. The highest BCUT2D eigenvalue weighted by Crippen LogP contribution is 2.30. The van der Waals surface area contributed by atoms with E-state index in [0.29, 0.717) is 26.4 Å². The van der Waals surface area contributed by atoms with Crippen LogP contribution in [0, 0.1) is 6.92 Å². The van der Waals surface area contributed by atoms with Gasteiger partial charge >= 0.3 is 5.97 Å². The second kappa shape index (κ2) is 9.35. The zero-order chi connectivity index (χ0) is 24.5. The number of hydrogen-bond acceptors (Lipinski definition) is 6. The van der Waals surface area contributed by atoms with Crippen LogP contribution in [0.1, 0.15) is 36.8 Å². The average molecular weight is 485 g/mol. The minimum Gasteiger partial charge on any atom is -0.463 e. The van der Waals surface area contributed by atoms with Gasteiger partial charge in [-0.25, -0.2) is 9.79 Å². The van der Waals surface area contributed by atoms with Gasteiger partial charge in [-0.1, -0.05) is 71.5 Å². The van der Waals surface area contributed by atoms with Crippen molar-refractivity contribution in [1.82, 2.24) is 4.57 Å². The second-order valence-electron chi connectivity index (χ2n) is 8.28. The van der Waals surface area contributed by atoms with Crippen molar-refractivity contribution in [1.29, 1.82) is 0 Å². The number of esters is 1. The molecule has 0 bridgehead atoms. The van der Waals surface area contributed by atoms with Gasteiger partial charge in [-0.2, -0.15) is 0 Å². The van der Waals surface area contributed by atoms with Crippen LogP contribution in [-0.2, 0) is 9.53 Å². The predicted molar refractivity (Wildman–Crippen MR) is 136 cm³/mol. The van der Waals surface area contributed by atoms with Gasteiger partial charge in [0.1, 0.15) is 11.5 Å². The van der Waals surface area contributed by atoms with E-state index >= 15 is 0 Å². The van der Waals surface area contributed by atoms with Crippen LogP contribution in [0.5, 0.6) is 0 Å². The van der Waals surface area contributed by atoms with Crippen molar-refractivity contribution in [3.8, 4) is 11.3 Å². The molecule has 0 saturated carbocycles. The van der Waals surface area contributed by atoms with Crippen molar-refractivity contribution < 1.29 is 13.9 Å². The van der Waals surface area contributed by atoms with Gasteiger partial charge in [-0.3, -0.25) is 9.36 Å². The number of carbonyl (C=O) groups excluding carboxylic acids is 1. The molecule has 5 rings (SSSR count). The number of aryl methyl sites for hydroxylation is 1. The SMILES string of the molecule is CCOC(=O)C1=C(C)N=c2s/c(=C\c3ccc(-c4ccc(C)cc4)o3)c(=O)n2C1c1ccccc1. The molecule has 7 heteroatoms. The molecule has 0 N–H and O–H groups in total. The maximum Gasteiger partial charge on any atom is 0.338 e. The number of furan rings is 1. The number of fused-ring (bicyclic) bond motifs is 1. The molecule has 3 heterocycles. The minimum absolute atomic E-state index is 0.231. The maximum absolute atomic E-state index is 13.6. The molecule has 35 heavy (non-hydrogen) atoms. The molecule has 176 valence electrons. The van der Waals surface area contributed by atoms with E-state index in [0.717, 1.165) is 16.9 Å². The molecule has 0 saturated heterocycles. The lowest BCUT2D eigenvalue weighted by molar-refractivity contribution is -0.139. The summed E-state index contributed by atoms with van der Waals surface area (Å²) in [6.07, 6.45) is 1.73. The quantitative estimate of drug-likeness (QED) is 0.395. The van der Waals surface area contributed by atoms with Gasteiger partial charge in [0.15, 0.2) is 4.80 Å². The standard InChI is InChI=1S/C28H24N2O4S/c1-4-33-27(32)24-18(3)29-28-30(25(24)20-8-6-5-7-9-20)26(31)23(35-28)16-21-14-15-22(34-21)19-12-10-17(2)11-13-19/h5-16,25H,4H2,1-3H3/b23-16-. The third-order valence-electron chi connectivity index (χ3n) is 5.87. The third kappa shape index (κ3) is 4.31. The fraction of sp³-hybridized carbons (Fsp3) is 0.179. The fourth-order valence-corrected chi connectivity index (χ4v) is 5.20. The number of benzene rings is 2. The highest BCUT2D eigenvalue weighted by atomic mass is 32.1. The zero-order valence-electron chi connectivity index (χ0n) is 19.6. The Morgan fingerprint density at radius 2 is 1.83 bits per heavy atom. The summed E-state index contributed by atoms with van der Waals surface area (Å²) in [7, 11) is 0. The van der Waals surface area contributed by atoms with Crippen LogP contribution in [0.3, 0.4) is 0 Å². The molecule has 1 aliphatic heterocycles. The first-order chi connectivity index (χ1) is 17.0. The van der Waals surface area contributed by atoms with E-state index in [-0.39, 0.29) is 12.2 Å². The van der Waals surface area contributed by atoms with E-state index in [1.165, 1.54) is 16.9 Å². The van der Waals surface area contributed by atoms with Crippen LogP contribution in [0.15, 0.2) is 92.2 Å². The van der Waals surface area contributed by atoms with Gasteiger partial charge in [0.25, 0.3) is 5.56 Å². The molecule has 0 fully saturated rings. The summed E-state index contributed by atoms with van der Waals surface area (Å²) in [5, 5.41) is 0. The first-order valence-electron chi connectivity index (χ1n) is 11.4. The van der Waals surface area contributed by atoms with Gasteiger partial charge in [0, 0.05) is 11.6 Å². The molecule has 2 aromatic heterocycles. The topological polar surface area (TPSA) is 73.8 Å². The third-order valence-corrected chi connectivity index (χ3v) is 6.85. The minimum atomic E-state index is -0.617. The second-order valence-corrected chi connectivity index (χ2v) is 9.29. The molecule has 4 aromatic rings. The summed E-state index contributed by atoms with van der Waals surface area (Å²) in [6, 6.07) is 20.7. The lowest BCUT2D eigenvalue weighted by atomic mass is 9.96. The monoisotopic (exact) mass is 484 g/mol. The maximum atomic E-state index is 13.6. The number of nitrogens with zero attached hydrogens (tertiary/aromatic N) is 2. The van der Waals surface area contributed by atoms with Crippen LogP contribution in [0.4, 0.5) is 0 Å². The largest absolute Gasteiger partial charge is 0.463 e. The van der Waals surface area contributed by atoms with Gasteiger partial charge < -0.3 is 9.15 Å². The lowest BCUT2D eigenvalue weighted by Gasteiger charge is -2.24. The molecule has 0 radical (unpaired) electrons. The summed E-state index contributed by atoms with van der Waals surface area (Å²) in [5.41, 5.74) is 3.64. The van der Waals surface area contributed by atoms with Crippen molar-refractivity contribution in [2.75, 3.05) is 6.61 Å². The molecule has 1 unspecified atom stereocenters. The molecule has 0 amide bonds. The van der Waals surface area contributed by atoms with Crippen LogP contribution in [0.2, 0.25) is 0 Å². The Hall–Kier alpha value is -3.97. The Kier molecular flexibility index (Phi) is 6.09. The summed E-state index contributed by atoms with van der Waals surface area (Å²) < 4.78 is 13.4. The van der Waals surface area contributed by atoms with Crippen LogP contribution in [0.25, 0.3) is 17.4 Å². The fourth-order valence-electron chi connectivity index (χ4n) is 4.17. The number of ether oxygens (including phenoxy) is 1. The van der Waals surface area contributed by atoms with Crippen LogP contribution >= 0.6 is 11.3 Å². The smallest absolute Gasteiger partial charge is 0.338 e. The number of allylic oxidation sites excluding steroid dienone is 1.